The lowest BCUT2D eigenvalue weighted by Gasteiger charge is -2.11. The van der Waals surface area contributed by atoms with E-state index in [1.807, 2.05) is 56.3 Å². The number of amides is 1. The Labute approximate surface area is 156 Å². The Morgan fingerprint density at radius 3 is 2.44 bits per heavy atom. The number of carbonyl (C=O) groups excluding carboxylic acids is 1. The maximum Gasteiger partial charge on any atom is 0.280 e. The monoisotopic (exact) mass is 358 g/mol. The number of fused-ring (bicyclic) bond motifs is 1. The third kappa shape index (κ3) is 2.87. The first-order valence-electron chi connectivity index (χ1n) is 8.65. The van der Waals surface area contributed by atoms with Crippen LogP contribution in [-0.4, -0.2) is 11.6 Å². The number of benzene rings is 2. The van der Waals surface area contributed by atoms with Gasteiger partial charge in [0, 0.05) is 0 Å². The Bertz CT molecular complexity index is 1190. The lowest BCUT2D eigenvalue weighted by Crippen LogP contribution is -2.21. The fourth-order valence-corrected chi connectivity index (χ4v) is 3.08. The third-order valence-electron chi connectivity index (χ3n) is 4.78. The van der Waals surface area contributed by atoms with E-state index in [1.54, 1.807) is 13.0 Å². The predicted octanol–water partition coefficient (Wildman–Crippen LogP) is 4.22. The molecule has 0 spiro atoms. The Hall–Kier alpha value is -3.47. The first-order chi connectivity index (χ1) is 13.0. The molecule has 2 heterocycles. The van der Waals surface area contributed by atoms with Crippen molar-refractivity contribution in [1.29, 1.82) is 0 Å². The number of hydrogen-bond donors (Lipinski definition) is 0. The van der Waals surface area contributed by atoms with Gasteiger partial charge in [-0.05, 0) is 62.2 Å². The molecule has 134 valence electrons. The summed E-state index contributed by atoms with van der Waals surface area (Å²) in [6.45, 7) is 5.68. The minimum absolute atomic E-state index is 0.161. The van der Waals surface area contributed by atoms with Crippen molar-refractivity contribution >= 4 is 34.4 Å². The van der Waals surface area contributed by atoms with E-state index >= 15 is 0 Å². The molecule has 1 aliphatic rings. The number of hydrogen-bond acceptors (Lipinski definition) is 4. The van der Waals surface area contributed by atoms with Gasteiger partial charge in [0.15, 0.2) is 5.43 Å². The van der Waals surface area contributed by atoms with Crippen molar-refractivity contribution in [2.45, 2.75) is 20.8 Å². The van der Waals surface area contributed by atoms with Gasteiger partial charge in [-0.1, -0.05) is 18.2 Å². The summed E-state index contributed by atoms with van der Waals surface area (Å²) in [5.74, 6) is -0.265. The number of aryl methyl sites for hydroxylation is 2. The fourth-order valence-electron chi connectivity index (χ4n) is 3.08. The molecule has 1 aliphatic heterocycles. The fraction of sp³-hybridized carbons (Fsp3) is 0.136. The van der Waals surface area contributed by atoms with E-state index in [0.717, 1.165) is 11.1 Å². The average molecular weight is 358 g/mol. The highest BCUT2D eigenvalue weighted by Gasteiger charge is 2.29. The number of rotatable bonds is 2. The van der Waals surface area contributed by atoms with E-state index in [4.69, 9.17) is 4.42 Å². The second-order valence-electron chi connectivity index (χ2n) is 6.65. The van der Waals surface area contributed by atoms with Crippen LogP contribution in [0.25, 0.3) is 17.0 Å². The molecule has 5 heteroatoms. The van der Waals surface area contributed by atoms with Crippen molar-refractivity contribution in [3.63, 3.8) is 0 Å². The number of hydrazone groups is 1. The molecule has 0 N–H and O–H groups in total. The smallest absolute Gasteiger partial charge is 0.280 e. The van der Waals surface area contributed by atoms with Crippen molar-refractivity contribution in [3.8, 4) is 0 Å². The molecular weight excluding hydrogens is 340 g/mol. The molecule has 0 radical (unpaired) electrons. The van der Waals surface area contributed by atoms with Crippen LogP contribution in [0.15, 0.2) is 68.6 Å². The molecule has 3 aromatic rings. The van der Waals surface area contributed by atoms with E-state index in [-0.39, 0.29) is 11.3 Å². The van der Waals surface area contributed by atoms with Crippen molar-refractivity contribution < 1.29 is 9.21 Å². The minimum Gasteiger partial charge on any atom is -0.463 e. The second kappa shape index (κ2) is 6.36. The topological polar surface area (TPSA) is 62.9 Å². The van der Waals surface area contributed by atoms with Crippen LogP contribution in [0.1, 0.15) is 23.6 Å². The van der Waals surface area contributed by atoms with E-state index in [1.165, 1.54) is 11.3 Å². The van der Waals surface area contributed by atoms with Gasteiger partial charge < -0.3 is 4.42 Å². The summed E-state index contributed by atoms with van der Waals surface area (Å²) in [6.07, 6.45) is 2.96. The van der Waals surface area contributed by atoms with Gasteiger partial charge in [0.05, 0.1) is 27.9 Å². The molecular formula is C22H18N2O3. The van der Waals surface area contributed by atoms with Crippen LogP contribution in [0.4, 0.5) is 5.69 Å². The first kappa shape index (κ1) is 17.0. The highest BCUT2D eigenvalue weighted by molar-refractivity contribution is 6.32. The highest BCUT2D eigenvalue weighted by atomic mass is 16.3. The van der Waals surface area contributed by atoms with Gasteiger partial charge in [-0.15, -0.1) is 0 Å². The zero-order chi connectivity index (χ0) is 19.1. The van der Waals surface area contributed by atoms with Crippen molar-refractivity contribution in [3.05, 3.63) is 81.2 Å². The average Bonchev–Trinajstić information content (AvgIpc) is 2.94. The normalized spacial score (nSPS) is 15.7. The SMILES string of the molecule is CC1=NN(c2ccccc2)C(=O)/C1=C/c1coc2cc(C)c(C)cc2c1=O. The maximum atomic E-state index is 12.9. The molecule has 4 rings (SSSR count). The lowest BCUT2D eigenvalue weighted by molar-refractivity contribution is -0.114. The van der Waals surface area contributed by atoms with E-state index in [0.29, 0.717) is 33.5 Å². The summed E-state index contributed by atoms with van der Waals surface area (Å²) in [5.41, 5.74) is 4.41. The summed E-state index contributed by atoms with van der Waals surface area (Å²) >= 11 is 0. The van der Waals surface area contributed by atoms with Gasteiger partial charge in [0.25, 0.3) is 5.91 Å². The van der Waals surface area contributed by atoms with Gasteiger partial charge in [-0.3, -0.25) is 9.59 Å². The zero-order valence-corrected chi connectivity index (χ0v) is 15.3. The predicted molar refractivity (Wildman–Crippen MR) is 107 cm³/mol. The second-order valence-corrected chi connectivity index (χ2v) is 6.65. The van der Waals surface area contributed by atoms with Crippen LogP contribution in [0.3, 0.4) is 0 Å². The molecule has 0 aliphatic carbocycles. The Kier molecular flexibility index (Phi) is 4.00. The van der Waals surface area contributed by atoms with E-state index < -0.39 is 0 Å². The van der Waals surface area contributed by atoms with Gasteiger partial charge in [0.2, 0.25) is 0 Å². The largest absolute Gasteiger partial charge is 0.463 e. The lowest BCUT2D eigenvalue weighted by atomic mass is 10.0. The molecule has 0 unspecified atom stereocenters. The molecule has 1 amide bonds. The van der Waals surface area contributed by atoms with Crippen LogP contribution in [-0.2, 0) is 4.79 Å². The molecule has 1 aromatic heterocycles. The Balaban J connectivity index is 1.79. The molecule has 0 bridgehead atoms. The first-order valence-corrected chi connectivity index (χ1v) is 8.65. The molecule has 0 saturated heterocycles. The molecule has 0 fully saturated rings. The Morgan fingerprint density at radius 2 is 1.70 bits per heavy atom. The van der Waals surface area contributed by atoms with Gasteiger partial charge >= 0.3 is 0 Å². The number of anilines is 1. The van der Waals surface area contributed by atoms with Gasteiger partial charge in [-0.25, -0.2) is 0 Å². The van der Waals surface area contributed by atoms with Crippen LogP contribution in [0, 0.1) is 13.8 Å². The molecule has 5 nitrogen and oxygen atoms in total. The highest BCUT2D eigenvalue weighted by Crippen LogP contribution is 2.25. The molecule has 2 aromatic carbocycles. The van der Waals surface area contributed by atoms with Crippen LogP contribution in [0.2, 0.25) is 0 Å². The summed E-state index contributed by atoms with van der Waals surface area (Å²) in [6, 6.07) is 12.9. The van der Waals surface area contributed by atoms with Crippen molar-refractivity contribution in [2.75, 3.05) is 5.01 Å². The molecule has 27 heavy (non-hydrogen) atoms. The zero-order valence-electron chi connectivity index (χ0n) is 15.3. The van der Waals surface area contributed by atoms with Crippen LogP contribution in [0.5, 0.6) is 0 Å². The maximum absolute atomic E-state index is 12.9. The van der Waals surface area contributed by atoms with Gasteiger partial charge in [0.1, 0.15) is 11.8 Å². The summed E-state index contributed by atoms with van der Waals surface area (Å²) in [7, 11) is 0. The third-order valence-corrected chi connectivity index (χ3v) is 4.78. The number of para-hydroxylation sites is 1. The summed E-state index contributed by atoms with van der Waals surface area (Å²) < 4.78 is 5.64. The van der Waals surface area contributed by atoms with Crippen LogP contribution >= 0.6 is 0 Å². The Morgan fingerprint density at radius 1 is 1.00 bits per heavy atom. The molecule has 0 saturated carbocycles. The quantitative estimate of drug-likeness (QED) is 0.645. The van der Waals surface area contributed by atoms with Crippen LogP contribution < -0.4 is 10.4 Å². The summed E-state index contributed by atoms with van der Waals surface area (Å²) in [4.78, 5) is 25.7. The number of nitrogens with zero attached hydrogens (tertiary/aromatic N) is 2. The number of carbonyl (C=O) groups is 1. The van der Waals surface area contributed by atoms with Crippen molar-refractivity contribution in [2.24, 2.45) is 5.10 Å². The minimum atomic E-state index is -0.265. The standard InChI is InChI=1S/C22H18N2O3/c1-13-9-19-20(10-14(13)2)27-12-16(21(19)25)11-18-15(3)23-24(22(18)26)17-7-5-4-6-8-17/h4-12H,1-3H3/b18-11+. The molecule has 0 atom stereocenters. The van der Waals surface area contributed by atoms with E-state index in [2.05, 4.69) is 5.10 Å². The summed E-state index contributed by atoms with van der Waals surface area (Å²) in [5, 5.41) is 6.19. The van der Waals surface area contributed by atoms with Crippen molar-refractivity contribution in [1.82, 2.24) is 0 Å². The van der Waals surface area contributed by atoms with Gasteiger partial charge in [-0.2, -0.15) is 10.1 Å². The van der Waals surface area contributed by atoms with E-state index in [9.17, 15) is 9.59 Å².